The summed E-state index contributed by atoms with van der Waals surface area (Å²) < 4.78 is 0. The van der Waals surface area contributed by atoms with Gasteiger partial charge in [0.15, 0.2) is 0 Å². The Morgan fingerprint density at radius 3 is 2.62 bits per heavy atom. The first-order valence-electron chi connectivity index (χ1n) is 9.30. The number of rotatable bonds is 6. The van der Waals surface area contributed by atoms with Crippen LogP contribution in [0.5, 0.6) is 0 Å². The monoisotopic (exact) mass is 328 g/mol. The largest absolute Gasteiger partial charge is 0.355 e. The molecule has 130 valence electrons. The van der Waals surface area contributed by atoms with Gasteiger partial charge < -0.3 is 10.2 Å². The van der Waals surface area contributed by atoms with Crippen molar-refractivity contribution in [2.75, 3.05) is 13.1 Å². The van der Waals surface area contributed by atoms with Crippen molar-refractivity contribution in [2.45, 2.75) is 57.9 Å². The fourth-order valence-corrected chi connectivity index (χ4v) is 3.76. The number of amides is 2. The zero-order valence-corrected chi connectivity index (χ0v) is 14.6. The number of hydrogen-bond acceptors (Lipinski definition) is 2. The molecule has 1 aromatic carbocycles. The van der Waals surface area contributed by atoms with Gasteiger partial charge in [-0.05, 0) is 50.5 Å². The Morgan fingerprint density at radius 1 is 1.21 bits per heavy atom. The van der Waals surface area contributed by atoms with Crippen LogP contribution in [0.2, 0.25) is 0 Å². The number of piperidine rings is 1. The maximum Gasteiger partial charge on any atom is 0.238 e. The van der Waals surface area contributed by atoms with Crippen molar-refractivity contribution in [3.8, 4) is 0 Å². The maximum absolute atomic E-state index is 13.0. The molecule has 1 aromatic rings. The molecule has 4 nitrogen and oxygen atoms in total. The average Bonchev–Trinajstić information content (AvgIpc) is 3.44. The lowest BCUT2D eigenvalue weighted by molar-refractivity contribution is -0.147. The standard InChI is InChI=1S/C20H28N2O2/c1-2-17-10-6-7-15-22(17)19(24)20(12-13-20)18(23)21-14-11-16-8-4-3-5-9-16/h3-5,8-9,17H,2,6-7,10-15H2,1H3,(H,21,23). The molecule has 1 unspecified atom stereocenters. The number of likely N-dealkylation sites (tertiary alicyclic amines) is 1. The fourth-order valence-electron chi connectivity index (χ4n) is 3.76. The minimum atomic E-state index is -0.762. The van der Waals surface area contributed by atoms with E-state index in [-0.39, 0.29) is 11.8 Å². The molecule has 1 heterocycles. The molecule has 2 aliphatic rings. The molecule has 1 aliphatic heterocycles. The Labute approximate surface area is 144 Å². The van der Waals surface area contributed by atoms with Gasteiger partial charge in [-0.2, -0.15) is 0 Å². The summed E-state index contributed by atoms with van der Waals surface area (Å²) in [6, 6.07) is 10.4. The minimum absolute atomic E-state index is 0.0659. The molecule has 0 spiro atoms. The third-order valence-corrected chi connectivity index (χ3v) is 5.50. The Bertz CT molecular complexity index is 581. The topological polar surface area (TPSA) is 49.4 Å². The van der Waals surface area contributed by atoms with E-state index in [2.05, 4.69) is 24.4 Å². The van der Waals surface area contributed by atoms with Crippen LogP contribution in [0.4, 0.5) is 0 Å². The molecule has 0 aromatic heterocycles. The van der Waals surface area contributed by atoms with Gasteiger partial charge in [-0.3, -0.25) is 9.59 Å². The van der Waals surface area contributed by atoms with Gasteiger partial charge >= 0.3 is 0 Å². The van der Waals surface area contributed by atoms with Crippen molar-refractivity contribution in [3.63, 3.8) is 0 Å². The number of carbonyl (C=O) groups excluding carboxylic acids is 2. The van der Waals surface area contributed by atoms with Crippen molar-refractivity contribution in [1.82, 2.24) is 10.2 Å². The zero-order valence-electron chi connectivity index (χ0n) is 14.6. The third-order valence-electron chi connectivity index (χ3n) is 5.50. The summed E-state index contributed by atoms with van der Waals surface area (Å²) in [5.74, 6) is 0.00937. The lowest BCUT2D eigenvalue weighted by atomic mass is 9.95. The third kappa shape index (κ3) is 3.47. The van der Waals surface area contributed by atoms with Crippen LogP contribution in [0.1, 0.15) is 51.0 Å². The molecule has 2 fully saturated rings. The molecule has 1 saturated carbocycles. The van der Waals surface area contributed by atoms with E-state index in [1.807, 2.05) is 23.1 Å². The van der Waals surface area contributed by atoms with E-state index in [0.717, 1.165) is 32.2 Å². The summed E-state index contributed by atoms with van der Waals surface area (Å²) in [6.45, 7) is 3.54. The number of nitrogens with one attached hydrogen (secondary N) is 1. The Hall–Kier alpha value is -1.84. The first-order chi connectivity index (χ1) is 11.7. The smallest absolute Gasteiger partial charge is 0.238 e. The predicted octanol–water partition coefficient (Wildman–Crippen LogP) is 2.92. The predicted molar refractivity (Wildman–Crippen MR) is 94.5 cm³/mol. The van der Waals surface area contributed by atoms with Gasteiger partial charge in [-0.25, -0.2) is 0 Å². The molecule has 4 heteroatoms. The minimum Gasteiger partial charge on any atom is -0.355 e. The quantitative estimate of drug-likeness (QED) is 0.816. The maximum atomic E-state index is 13.0. The molecule has 0 radical (unpaired) electrons. The second kappa shape index (κ2) is 7.37. The Kier molecular flexibility index (Phi) is 5.22. The lowest BCUT2D eigenvalue weighted by Gasteiger charge is -2.37. The second-order valence-corrected chi connectivity index (χ2v) is 7.13. The van der Waals surface area contributed by atoms with Crippen molar-refractivity contribution in [2.24, 2.45) is 5.41 Å². The SMILES string of the molecule is CCC1CCCCN1C(=O)C1(C(=O)NCCc2ccccc2)CC1. The molecule has 0 bridgehead atoms. The Morgan fingerprint density at radius 2 is 1.96 bits per heavy atom. The van der Waals surface area contributed by atoms with E-state index in [0.29, 0.717) is 25.4 Å². The van der Waals surface area contributed by atoms with E-state index < -0.39 is 5.41 Å². The van der Waals surface area contributed by atoms with Crippen LogP contribution in [0.3, 0.4) is 0 Å². The first kappa shape index (κ1) is 17.0. The van der Waals surface area contributed by atoms with Crippen LogP contribution >= 0.6 is 0 Å². The highest BCUT2D eigenvalue weighted by Gasteiger charge is 2.58. The highest BCUT2D eigenvalue weighted by Crippen LogP contribution is 2.48. The van der Waals surface area contributed by atoms with Crippen LogP contribution in [0.15, 0.2) is 30.3 Å². The molecule has 3 rings (SSSR count). The van der Waals surface area contributed by atoms with Gasteiger partial charge in [-0.1, -0.05) is 37.3 Å². The summed E-state index contributed by atoms with van der Waals surface area (Å²) in [5, 5.41) is 3.00. The molecule has 1 aliphatic carbocycles. The van der Waals surface area contributed by atoms with Gasteiger partial charge in [0.25, 0.3) is 0 Å². The summed E-state index contributed by atoms with van der Waals surface area (Å²) in [5.41, 5.74) is 0.442. The number of hydrogen-bond donors (Lipinski definition) is 1. The summed E-state index contributed by atoms with van der Waals surface area (Å²) in [4.78, 5) is 27.6. The molecule has 1 atom stereocenters. The van der Waals surface area contributed by atoms with Crippen molar-refractivity contribution in [1.29, 1.82) is 0 Å². The fraction of sp³-hybridized carbons (Fsp3) is 0.600. The number of benzene rings is 1. The van der Waals surface area contributed by atoms with Crippen LogP contribution in [0.25, 0.3) is 0 Å². The van der Waals surface area contributed by atoms with E-state index >= 15 is 0 Å². The van der Waals surface area contributed by atoms with E-state index in [1.165, 1.54) is 12.0 Å². The van der Waals surface area contributed by atoms with Crippen molar-refractivity contribution < 1.29 is 9.59 Å². The van der Waals surface area contributed by atoms with Crippen LogP contribution < -0.4 is 5.32 Å². The molecular formula is C20H28N2O2. The highest BCUT2D eigenvalue weighted by molar-refractivity contribution is 6.08. The summed E-state index contributed by atoms with van der Waals surface area (Å²) in [7, 11) is 0. The van der Waals surface area contributed by atoms with E-state index in [9.17, 15) is 9.59 Å². The van der Waals surface area contributed by atoms with Gasteiger partial charge in [0.1, 0.15) is 5.41 Å². The summed E-state index contributed by atoms with van der Waals surface area (Å²) >= 11 is 0. The molecule has 1 saturated heterocycles. The number of nitrogens with zero attached hydrogens (tertiary/aromatic N) is 1. The molecular weight excluding hydrogens is 300 g/mol. The highest BCUT2D eigenvalue weighted by atomic mass is 16.2. The Balaban J connectivity index is 1.56. The second-order valence-electron chi connectivity index (χ2n) is 7.13. The molecule has 1 N–H and O–H groups in total. The van der Waals surface area contributed by atoms with Crippen LogP contribution in [0, 0.1) is 5.41 Å². The first-order valence-corrected chi connectivity index (χ1v) is 9.30. The average molecular weight is 328 g/mol. The van der Waals surface area contributed by atoms with Crippen LogP contribution in [-0.4, -0.2) is 35.8 Å². The van der Waals surface area contributed by atoms with Gasteiger partial charge in [0, 0.05) is 19.1 Å². The van der Waals surface area contributed by atoms with E-state index in [1.54, 1.807) is 0 Å². The van der Waals surface area contributed by atoms with Crippen molar-refractivity contribution >= 4 is 11.8 Å². The lowest BCUT2D eigenvalue weighted by Crippen LogP contribution is -2.51. The zero-order chi connectivity index (χ0) is 17.0. The van der Waals surface area contributed by atoms with Gasteiger partial charge in [0.05, 0.1) is 0 Å². The normalized spacial score (nSPS) is 22.0. The molecule has 2 amide bonds. The van der Waals surface area contributed by atoms with E-state index in [4.69, 9.17) is 0 Å². The van der Waals surface area contributed by atoms with Crippen LogP contribution in [-0.2, 0) is 16.0 Å². The number of carbonyl (C=O) groups is 2. The van der Waals surface area contributed by atoms with Crippen molar-refractivity contribution in [3.05, 3.63) is 35.9 Å². The van der Waals surface area contributed by atoms with Gasteiger partial charge in [0.2, 0.25) is 11.8 Å². The summed E-state index contributed by atoms with van der Waals surface area (Å²) in [6.07, 6.45) is 6.53. The van der Waals surface area contributed by atoms with Gasteiger partial charge in [-0.15, -0.1) is 0 Å². The molecule has 24 heavy (non-hydrogen) atoms.